The Morgan fingerprint density at radius 3 is 2.83 bits per heavy atom. The van der Waals surface area contributed by atoms with Gasteiger partial charge in [-0.25, -0.2) is 0 Å². The molecule has 0 radical (unpaired) electrons. The van der Waals surface area contributed by atoms with Crippen molar-refractivity contribution in [1.82, 2.24) is 19.6 Å². The van der Waals surface area contributed by atoms with Gasteiger partial charge in [-0.05, 0) is 44.0 Å². The van der Waals surface area contributed by atoms with E-state index in [4.69, 9.17) is 0 Å². The molecule has 2 aliphatic heterocycles. The first-order valence-corrected chi connectivity index (χ1v) is 8.76. The molecule has 0 N–H and O–H groups in total. The molecule has 0 bridgehead atoms. The Morgan fingerprint density at radius 2 is 2.08 bits per heavy atom. The van der Waals surface area contributed by atoms with E-state index in [0.29, 0.717) is 18.0 Å². The van der Waals surface area contributed by atoms with Gasteiger partial charge in [-0.3, -0.25) is 14.4 Å². The smallest absolute Gasteiger partial charge is 0.253 e. The standard InChI is InChI=1S/C19H24N4O/c1-21-17(14-23-10-5-9-20-23)12-16-13-22(11-8-18(16)21)19(24)15-6-3-2-4-7-15/h2-7,9-10,16-18H,8,11-14H2,1H3. The number of likely N-dealkylation sites (tertiary alicyclic amines) is 2. The average Bonchev–Trinajstić information content (AvgIpc) is 3.24. The number of benzene rings is 1. The monoisotopic (exact) mass is 324 g/mol. The van der Waals surface area contributed by atoms with E-state index in [0.717, 1.165) is 38.0 Å². The molecule has 2 saturated heterocycles. The second kappa shape index (κ2) is 6.40. The van der Waals surface area contributed by atoms with Crippen molar-refractivity contribution in [1.29, 1.82) is 0 Å². The van der Waals surface area contributed by atoms with E-state index >= 15 is 0 Å². The number of nitrogens with zero attached hydrogens (tertiary/aromatic N) is 4. The molecule has 1 aromatic heterocycles. The zero-order valence-corrected chi connectivity index (χ0v) is 14.1. The van der Waals surface area contributed by atoms with Crippen LogP contribution in [0, 0.1) is 5.92 Å². The molecule has 24 heavy (non-hydrogen) atoms. The van der Waals surface area contributed by atoms with Crippen molar-refractivity contribution in [3.05, 3.63) is 54.4 Å². The van der Waals surface area contributed by atoms with Crippen LogP contribution in [0.3, 0.4) is 0 Å². The van der Waals surface area contributed by atoms with Gasteiger partial charge < -0.3 is 4.90 Å². The fourth-order valence-electron chi connectivity index (χ4n) is 4.35. The Kier molecular flexibility index (Phi) is 4.10. The minimum atomic E-state index is 0.173. The maximum Gasteiger partial charge on any atom is 0.253 e. The topological polar surface area (TPSA) is 41.4 Å². The van der Waals surface area contributed by atoms with Crippen molar-refractivity contribution in [3.63, 3.8) is 0 Å². The Labute approximate surface area is 142 Å². The summed E-state index contributed by atoms with van der Waals surface area (Å²) < 4.78 is 2.02. The van der Waals surface area contributed by atoms with Crippen LogP contribution < -0.4 is 0 Å². The molecule has 0 aliphatic carbocycles. The highest BCUT2D eigenvalue weighted by Gasteiger charge is 2.42. The summed E-state index contributed by atoms with van der Waals surface area (Å²) in [5.74, 6) is 0.740. The summed E-state index contributed by atoms with van der Waals surface area (Å²) in [7, 11) is 2.23. The van der Waals surface area contributed by atoms with E-state index in [2.05, 4.69) is 17.0 Å². The van der Waals surface area contributed by atoms with E-state index in [1.807, 2.05) is 58.4 Å². The first-order valence-electron chi connectivity index (χ1n) is 8.76. The third-order valence-corrected chi connectivity index (χ3v) is 5.63. The highest BCUT2D eigenvalue weighted by Crippen LogP contribution is 2.35. The number of rotatable bonds is 3. The predicted octanol–water partition coefficient (Wildman–Crippen LogP) is 2.12. The molecular weight excluding hydrogens is 300 g/mol. The fraction of sp³-hybridized carbons (Fsp3) is 0.474. The maximum absolute atomic E-state index is 12.7. The molecule has 4 rings (SSSR count). The van der Waals surface area contributed by atoms with E-state index < -0.39 is 0 Å². The zero-order chi connectivity index (χ0) is 16.5. The second-order valence-electron chi connectivity index (χ2n) is 7.02. The number of carbonyl (C=O) groups excluding carboxylic acids is 1. The maximum atomic E-state index is 12.7. The summed E-state index contributed by atoms with van der Waals surface area (Å²) in [5, 5.41) is 4.34. The molecule has 2 fully saturated rings. The first kappa shape index (κ1) is 15.4. The Morgan fingerprint density at radius 1 is 1.25 bits per heavy atom. The van der Waals surface area contributed by atoms with Crippen molar-refractivity contribution in [2.24, 2.45) is 5.92 Å². The van der Waals surface area contributed by atoms with Crippen molar-refractivity contribution in [3.8, 4) is 0 Å². The largest absolute Gasteiger partial charge is 0.338 e. The van der Waals surface area contributed by atoms with Crippen LogP contribution in [0.5, 0.6) is 0 Å². The number of likely N-dealkylation sites (N-methyl/N-ethyl adjacent to an activating group) is 1. The fourth-order valence-corrected chi connectivity index (χ4v) is 4.35. The van der Waals surface area contributed by atoms with Gasteiger partial charge >= 0.3 is 0 Å². The molecule has 1 aromatic carbocycles. The number of fused-ring (bicyclic) bond motifs is 1. The van der Waals surface area contributed by atoms with Crippen LogP contribution in [-0.2, 0) is 6.54 Å². The lowest BCUT2D eigenvalue weighted by Gasteiger charge is -2.37. The predicted molar refractivity (Wildman–Crippen MR) is 92.6 cm³/mol. The van der Waals surface area contributed by atoms with Gasteiger partial charge in [-0.2, -0.15) is 5.10 Å². The molecule has 2 aliphatic rings. The van der Waals surface area contributed by atoms with Crippen molar-refractivity contribution in [2.75, 3.05) is 20.1 Å². The highest BCUT2D eigenvalue weighted by molar-refractivity contribution is 5.94. The van der Waals surface area contributed by atoms with Crippen molar-refractivity contribution >= 4 is 5.91 Å². The number of piperidine rings is 1. The van der Waals surface area contributed by atoms with Gasteiger partial charge in [0.2, 0.25) is 0 Å². The molecule has 0 spiro atoms. The molecule has 0 saturated carbocycles. The number of hydrogen-bond donors (Lipinski definition) is 0. The summed E-state index contributed by atoms with van der Waals surface area (Å²) in [5.41, 5.74) is 0.801. The Balaban J connectivity index is 1.43. The second-order valence-corrected chi connectivity index (χ2v) is 7.02. The van der Waals surface area contributed by atoms with Crippen LogP contribution in [0.4, 0.5) is 0 Å². The molecule has 5 nitrogen and oxygen atoms in total. The molecule has 3 atom stereocenters. The molecule has 3 unspecified atom stereocenters. The number of carbonyl (C=O) groups is 1. The van der Waals surface area contributed by atoms with Crippen LogP contribution in [0.15, 0.2) is 48.8 Å². The van der Waals surface area contributed by atoms with Crippen LogP contribution in [-0.4, -0.2) is 57.7 Å². The number of hydrogen-bond acceptors (Lipinski definition) is 3. The zero-order valence-electron chi connectivity index (χ0n) is 14.1. The minimum Gasteiger partial charge on any atom is -0.338 e. The third kappa shape index (κ3) is 2.84. The molecule has 2 aromatic rings. The van der Waals surface area contributed by atoms with Gasteiger partial charge in [0.25, 0.3) is 5.91 Å². The van der Waals surface area contributed by atoms with Gasteiger partial charge in [-0.15, -0.1) is 0 Å². The van der Waals surface area contributed by atoms with E-state index in [1.54, 1.807) is 0 Å². The van der Waals surface area contributed by atoms with Gasteiger partial charge in [0.05, 0.1) is 6.54 Å². The minimum absolute atomic E-state index is 0.173. The van der Waals surface area contributed by atoms with Crippen LogP contribution in [0.1, 0.15) is 23.2 Å². The lowest BCUT2D eigenvalue weighted by molar-refractivity contribution is 0.0607. The van der Waals surface area contributed by atoms with Gasteiger partial charge in [0.15, 0.2) is 0 Å². The highest BCUT2D eigenvalue weighted by atomic mass is 16.2. The lowest BCUT2D eigenvalue weighted by atomic mass is 9.91. The first-order chi connectivity index (χ1) is 11.7. The molecule has 126 valence electrons. The van der Waals surface area contributed by atoms with Crippen LogP contribution >= 0.6 is 0 Å². The number of aromatic nitrogens is 2. The summed E-state index contributed by atoms with van der Waals surface area (Å²) in [6, 6.07) is 12.7. The molecule has 3 heterocycles. The van der Waals surface area contributed by atoms with E-state index in [1.165, 1.54) is 0 Å². The Bertz CT molecular complexity index is 685. The van der Waals surface area contributed by atoms with Crippen molar-refractivity contribution < 1.29 is 4.79 Å². The number of amides is 1. The summed E-state index contributed by atoms with van der Waals surface area (Å²) in [6.07, 6.45) is 6.07. The quantitative estimate of drug-likeness (QED) is 0.868. The van der Waals surface area contributed by atoms with Gasteiger partial charge in [0, 0.05) is 43.1 Å². The molecular formula is C19H24N4O. The van der Waals surface area contributed by atoms with Crippen molar-refractivity contribution in [2.45, 2.75) is 31.5 Å². The molecule has 5 heteroatoms. The van der Waals surface area contributed by atoms with Crippen LogP contribution in [0.2, 0.25) is 0 Å². The van der Waals surface area contributed by atoms with Gasteiger partial charge in [-0.1, -0.05) is 18.2 Å². The lowest BCUT2D eigenvalue weighted by Crippen LogP contribution is -2.47. The Hall–Kier alpha value is -2.14. The normalized spacial score (nSPS) is 27.2. The summed E-state index contributed by atoms with van der Waals surface area (Å²) in [4.78, 5) is 17.3. The average molecular weight is 324 g/mol. The SMILES string of the molecule is CN1C(Cn2cccn2)CC2CN(C(=O)c3ccccc3)CCC21. The van der Waals surface area contributed by atoms with Crippen LogP contribution in [0.25, 0.3) is 0 Å². The third-order valence-electron chi connectivity index (χ3n) is 5.63. The van der Waals surface area contributed by atoms with E-state index in [9.17, 15) is 4.79 Å². The molecule has 1 amide bonds. The van der Waals surface area contributed by atoms with Gasteiger partial charge in [0.1, 0.15) is 0 Å². The van der Waals surface area contributed by atoms with E-state index in [-0.39, 0.29) is 5.91 Å². The summed E-state index contributed by atoms with van der Waals surface area (Å²) in [6.45, 7) is 2.66. The summed E-state index contributed by atoms with van der Waals surface area (Å²) >= 11 is 0.